The van der Waals surface area contributed by atoms with E-state index in [0.29, 0.717) is 6.92 Å². The monoisotopic (exact) mass is 450 g/mol. The van der Waals surface area contributed by atoms with Crippen LogP contribution in [0.5, 0.6) is 0 Å². The second-order valence-electron chi connectivity index (χ2n) is 6.42. The van der Waals surface area contributed by atoms with Gasteiger partial charge in [-0.25, -0.2) is 13.1 Å². The molecule has 0 fully saturated rings. The molecule has 0 aliphatic carbocycles. The Morgan fingerprint density at radius 2 is 1.72 bits per heavy atom. The standard InChI is InChI=1S/C18H18ClF3N2O4S/c1-11(12-6-4-3-5-7-12)24-29(27,28)13-8-9-15(14(19)10-13)23-16(25)17(2,26)18(20,21)22/h3-11,24,26H,1-2H3,(H,23,25)/t11?,17-/m1/s1. The zero-order valence-corrected chi connectivity index (χ0v) is 16.9. The third kappa shape index (κ3) is 5.27. The predicted octanol–water partition coefficient (Wildman–Crippen LogP) is 3.63. The normalized spacial score (nSPS) is 15.4. The molecule has 0 saturated carbocycles. The molecule has 11 heteroatoms. The summed E-state index contributed by atoms with van der Waals surface area (Å²) in [6.07, 6.45) is -5.20. The van der Waals surface area contributed by atoms with Crippen molar-refractivity contribution in [2.24, 2.45) is 0 Å². The summed E-state index contributed by atoms with van der Waals surface area (Å²) in [6, 6.07) is 11.3. The van der Waals surface area contributed by atoms with Crippen LogP contribution in [0.3, 0.4) is 0 Å². The van der Waals surface area contributed by atoms with Crippen molar-refractivity contribution in [3.8, 4) is 0 Å². The summed E-state index contributed by atoms with van der Waals surface area (Å²) in [7, 11) is -4.00. The lowest BCUT2D eigenvalue weighted by molar-refractivity contribution is -0.242. The first kappa shape index (κ1) is 23.1. The van der Waals surface area contributed by atoms with Crippen LogP contribution in [0.1, 0.15) is 25.5 Å². The number of amides is 1. The molecule has 0 radical (unpaired) electrons. The number of hydrogen-bond donors (Lipinski definition) is 3. The highest BCUT2D eigenvalue weighted by molar-refractivity contribution is 7.89. The maximum Gasteiger partial charge on any atom is 0.426 e. The highest BCUT2D eigenvalue weighted by Crippen LogP contribution is 2.32. The Hall–Kier alpha value is -2.14. The Morgan fingerprint density at radius 1 is 1.14 bits per heavy atom. The highest BCUT2D eigenvalue weighted by atomic mass is 35.5. The zero-order valence-electron chi connectivity index (χ0n) is 15.3. The van der Waals surface area contributed by atoms with Gasteiger partial charge in [0.25, 0.3) is 5.91 Å². The van der Waals surface area contributed by atoms with Crippen LogP contribution < -0.4 is 10.0 Å². The molecule has 1 amide bonds. The molecule has 0 aliphatic rings. The molecule has 29 heavy (non-hydrogen) atoms. The number of halogens is 4. The van der Waals surface area contributed by atoms with E-state index in [4.69, 9.17) is 11.6 Å². The summed E-state index contributed by atoms with van der Waals surface area (Å²) < 4.78 is 65.8. The minimum Gasteiger partial charge on any atom is -0.373 e. The number of hydrogen-bond acceptors (Lipinski definition) is 4. The minimum absolute atomic E-state index is 0.245. The van der Waals surface area contributed by atoms with Gasteiger partial charge in [-0.3, -0.25) is 4.79 Å². The van der Waals surface area contributed by atoms with Crippen molar-refractivity contribution in [2.75, 3.05) is 5.32 Å². The summed E-state index contributed by atoms with van der Waals surface area (Å²) in [6.45, 7) is 1.94. The van der Waals surface area contributed by atoms with Gasteiger partial charge in [0.05, 0.1) is 15.6 Å². The van der Waals surface area contributed by atoms with E-state index >= 15 is 0 Å². The average molecular weight is 451 g/mol. The maximum atomic E-state index is 12.7. The smallest absolute Gasteiger partial charge is 0.373 e. The van der Waals surface area contributed by atoms with Gasteiger partial charge in [-0.15, -0.1) is 0 Å². The number of benzene rings is 2. The van der Waals surface area contributed by atoms with Gasteiger partial charge in [0.1, 0.15) is 0 Å². The lowest BCUT2D eigenvalue weighted by atomic mass is 10.1. The molecule has 0 bridgehead atoms. The van der Waals surface area contributed by atoms with Gasteiger partial charge >= 0.3 is 6.18 Å². The number of aliphatic hydroxyl groups is 1. The molecule has 6 nitrogen and oxygen atoms in total. The summed E-state index contributed by atoms with van der Waals surface area (Å²) in [5.41, 5.74) is -3.20. The predicted molar refractivity (Wildman–Crippen MR) is 102 cm³/mol. The second kappa shape index (κ2) is 8.31. The van der Waals surface area contributed by atoms with Crippen LogP contribution in [0.4, 0.5) is 18.9 Å². The molecule has 158 valence electrons. The van der Waals surface area contributed by atoms with Crippen LogP contribution >= 0.6 is 11.6 Å². The molecule has 0 spiro atoms. The maximum absolute atomic E-state index is 12.7. The molecule has 1 unspecified atom stereocenters. The lowest BCUT2D eigenvalue weighted by Crippen LogP contribution is -2.52. The van der Waals surface area contributed by atoms with Crippen LogP contribution in [-0.2, 0) is 14.8 Å². The van der Waals surface area contributed by atoms with Gasteiger partial charge in [0.2, 0.25) is 15.6 Å². The Morgan fingerprint density at radius 3 is 2.24 bits per heavy atom. The van der Waals surface area contributed by atoms with Crippen molar-refractivity contribution in [3.63, 3.8) is 0 Å². The molecule has 2 rings (SSSR count). The fourth-order valence-electron chi connectivity index (χ4n) is 2.25. The molecular weight excluding hydrogens is 433 g/mol. The van der Waals surface area contributed by atoms with Crippen molar-refractivity contribution in [1.82, 2.24) is 4.72 Å². The minimum atomic E-state index is -5.20. The Bertz CT molecular complexity index is 996. The zero-order chi connectivity index (χ0) is 22.0. The number of rotatable bonds is 6. The Labute approximate surface area is 170 Å². The molecule has 0 heterocycles. The molecule has 2 aromatic carbocycles. The number of alkyl halides is 3. The molecule has 0 saturated heterocycles. The molecule has 0 aliphatic heterocycles. The molecule has 3 N–H and O–H groups in total. The summed E-state index contributed by atoms with van der Waals surface area (Å²) in [5.74, 6) is -1.75. The van der Waals surface area contributed by atoms with E-state index in [1.165, 1.54) is 0 Å². The third-order valence-corrected chi connectivity index (χ3v) is 5.98. The quantitative estimate of drug-likeness (QED) is 0.626. The number of carbonyl (C=O) groups excluding carboxylic acids is 1. The molecule has 2 aromatic rings. The van der Waals surface area contributed by atoms with E-state index < -0.39 is 33.7 Å². The van der Waals surface area contributed by atoms with Crippen LogP contribution in [0.25, 0.3) is 0 Å². The lowest BCUT2D eigenvalue weighted by Gasteiger charge is -2.25. The Kier molecular flexibility index (Phi) is 6.63. The number of anilines is 1. The van der Waals surface area contributed by atoms with Crippen molar-refractivity contribution >= 4 is 33.2 Å². The van der Waals surface area contributed by atoms with Gasteiger partial charge in [0, 0.05) is 6.04 Å². The van der Waals surface area contributed by atoms with Gasteiger partial charge in [-0.2, -0.15) is 13.2 Å². The first-order valence-electron chi connectivity index (χ1n) is 8.23. The van der Waals surface area contributed by atoms with Crippen molar-refractivity contribution in [2.45, 2.75) is 36.6 Å². The number of carbonyl (C=O) groups is 1. The van der Waals surface area contributed by atoms with Gasteiger partial charge in [-0.05, 0) is 37.6 Å². The Balaban J connectivity index is 2.21. The molecule has 2 atom stereocenters. The van der Waals surface area contributed by atoms with Crippen LogP contribution in [0.2, 0.25) is 5.02 Å². The second-order valence-corrected chi connectivity index (χ2v) is 8.54. The van der Waals surface area contributed by atoms with Crippen molar-refractivity contribution < 1.29 is 31.5 Å². The number of sulfonamides is 1. The topological polar surface area (TPSA) is 95.5 Å². The largest absolute Gasteiger partial charge is 0.426 e. The number of nitrogens with one attached hydrogen (secondary N) is 2. The van der Waals surface area contributed by atoms with Gasteiger partial charge < -0.3 is 10.4 Å². The highest BCUT2D eigenvalue weighted by Gasteiger charge is 2.55. The van der Waals surface area contributed by atoms with E-state index in [-0.39, 0.29) is 15.6 Å². The van der Waals surface area contributed by atoms with Gasteiger partial charge in [0.15, 0.2) is 0 Å². The fourth-order valence-corrected chi connectivity index (χ4v) is 3.80. The van der Waals surface area contributed by atoms with E-state index in [1.54, 1.807) is 37.3 Å². The molecule has 0 aromatic heterocycles. The van der Waals surface area contributed by atoms with E-state index in [9.17, 15) is 31.5 Å². The van der Waals surface area contributed by atoms with Crippen LogP contribution in [0, 0.1) is 0 Å². The third-order valence-electron chi connectivity index (χ3n) is 4.12. The first-order chi connectivity index (χ1) is 13.3. The van der Waals surface area contributed by atoms with E-state index in [0.717, 1.165) is 23.8 Å². The van der Waals surface area contributed by atoms with Gasteiger partial charge in [-0.1, -0.05) is 41.9 Å². The van der Waals surface area contributed by atoms with E-state index in [2.05, 4.69) is 4.72 Å². The SMILES string of the molecule is CC(NS(=O)(=O)c1ccc(NC(=O)[C@@](C)(O)C(F)(F)F)c(Cl)c1)c1ccccc1. The summed E-state index contributed by atoms with van der Waals surface area (Å²) >= 11 is 5.93. The van der Waals surface area contributed by atoms with Crippen LogP contribution in [-0.4, -0.2) is 31.2 Å². The van der Waals surface area contributed by atoms with Crippen LogP contribution in [0.15, 0.2) is 53.4 Å². The van der Waals surface area contributed by atoms with E-state index in [1.807, 2.05) is 5.32 Å². The average Bonchev–Trinajstić information content (AvgIpc) is 2.62. The molecular formula is C18H18ClF3N2O4S. The fraction of sp³-hybridized carbons (Fsp3) is 0.278. The summed E-state index contributed by atoms with van der Waals surface area (Å²) in [4.78, 5) is 11.5. The van der Waals surface area contributed by atoms with Crippen molar-refractivity contribution in [3.05, 3.63) is 59.1 Å². The van der Waals surface area contributed by atoms with Crippen molar-refractivity contribution in [1.29, 1.82) is 0 Å². The first-order valence-corrected chi connectivity index (χ1v) is 10.1. The summed E-state index contributed by atoms with van der Waals surface area (Å²) in [5, 5.41) is 10.9.